The first kappa shape index (κ1) is 21.2. The highest BCUT2D eigenvalue weighted by atomic mass is 16.3. The molecule has 6 rings (SSSR count). The summed E-state index contributed by atoms with van der Waals surface area (Å²) in [6, 6.07) is 22.7. The summed E-state index contributed by atoms with van der Waals surface area (Å²) in [5.41, 5.74) is 2.56. The first-order chi connectivity index (χ1) is 17.1. The van der Waals surface area contributed by atoms with Gasteiger partial charge < -0.3 is 14.2 Å². The summed E-state index contributed by atoms with van der Waals surface area (Å²) in [7, 11) is 0. The van der Waals surface area contributed by atoms with Crippen LogP contribution in [0.3, 0.4) is 0 Å². The number of carbonyl (C=O) groups excluding carboxylic acids is 3. The zero-order valence-electron chi connectivity index (χ0n) is 19.0. The number of piperazine rings is 1. The number of benzene rings is 3. The van der Waals surface area contributed by atoms with Crippen molar-refractivity contribution in [2.24, 2.45) is 0 Å². The SMILES string of the molecule is O=C(c1ccco1)N1CCN(c2cccc3c2C(=O)N(Cc2cccc4ccccc24)C3=O)CC1. The van der Waals surface area contributed by atoms with Crippen molar-refractivity contribution in [3.8, 4) is 0 Å². The van der Waals surface area contributed by atoms with Crippen LogP contribution in [-0.4, -0.2) is 53.7 Å². The Morgan fingerprint density at radius 3 is 2.37 bits per heavy atom. The van der Waals surface area contributed by atoms with Gasteiger partial charge in [0.2, 0.25) is 0 Å². The van der Waals surface area contributed by atoms with Gasteiger partial charge >= 0.3 is 0 Å². The van der Waals surface area contributed by atoms with Gasteiger partial charge in [0, 0.05) is 26.2 Å². The predicted molar refractivity (Wildman–Crippen MR) is 131 cm³/mol. The molecule has 2 aliphatic heterocycles. The van der Waals surface area contributed by atoms with Crippen LogP contribution in [0.2, 0.25) is 0 Å². The van der Waals surface area contributed by atoms with Crippen LogP contribution >= 0.6 is 0 Å². The summed E-state index contributed by atoms with van der Waals surface area (Å²) < 4.78 is 5.24. The molecular formula is C28H23N3O4. The second-order valence-electron chi connectivity index (χ2n) is 8.79. The van der Waals surface area contributed by atoms with Gasteiger partial charge in [-0.05, 0) is 40.6 Å². The number of furan rings is 1. The second kappa shape index (κ2) is 8.43. The number of imide groups is 1. The average molecular weight is 466 g/mol. The van der Waals surface area contributed by atoms with Crippen molar-refractivity contribution in [1.82, 2.24) is 9.80 Å². The van der Waals surface area contributed by atoms with Gasteiger partial charge in [-0.15, -0.1) is 0 Å². The van der Waals surface area contributed by atoms with E-state index in [4.69, 9.17) is 4.42 Å². The zero-order chi connectivity index (χ0) is 23.9. The fourth-order valence-electron chi connectivity index (χ4n) is 5.03. The molecule has 1 saturated heterocycles. The van der Waals surface area contributed by atoms with E-state index in [0.717, 1.165) is 22.0 Å². The highest BCUT2D eigenvalue weighted by molar-refractivity contribution is 6.23. The van der Waals surface area contributed by atoms with E-state index in [1.807, 2.05) is 54.6 Å². The fourth-order valence-corrected chi connectivity index (χ4v) is 5.03. The maximum Gasteiger partial charge on any atom is 0.289 e. The minimum absolute atomic E-state index is 0.138. The van der Waals surface area contributed by atoms with Crippen molar-refractivity contribution in [2.45, 2.75) is 6.54 Å². The molecule has 0 saturated carbocycles. The third-order valence-corrected chi connectivity index (χ3v) is 6.82. The molecule has 2 aliphatic rings. The highest BCUT2D eigenvalue weighted by Crippen LogP contribution is 2.34. The maximum absolute atomic E-state index is 13.5. The molecule has 0 spiro atoms. The van der Waals surface area contributed by atoms with E-state index in [9.17, 15) is 14.4 Å². The van der Waals surface area contributed by atoms with Crippen LogP contribution in [0, 0.1) is 0 Å². The highest BCUT2D eigenvalue weighted by Gasteiger charge is 2.39. The van der Waals surface area contributed by atoms with Crippen LogP contribution in [0.5, 0.6) is 0 Å². The first-order valence-electron chi connectivity index (χ1n) is 11.7. The number of hydrogen-bond donors (Lipinski definition) is 0. The van der Waals surface area contributed by atoms with Crippen molar-refractivity contribution in [2.75, 3.05) is 31.1 Å². The molecule has 174 valence electrons. The van der Waals surface area contributed by atoms with Crippen LogP contribution in [0.1, 0.15) is 36.8 Å². The van der Waals surface area contributed by atoms with E-state index in [1.165, 1.54) is 11.2 Å². The molecule has 7 heteroatoms. The average Bonchev–Trinajstić information content (AvgIpc) is 3.52. The smallest absolute Gasteiger partial charge is 0.289 e. The number of carbonyl (C=O) groups is 3. The van der Waals surface area contributed by atoms with Gasteiger partial charge in [0.1, 0.15) is 0 Å². The number of hydrogen-bond acceptors (Lipinski definition) is 5. The lowest BCUT2D eigenvalue weighted by Gasteiger charge is -2.36. The van der Waals surface area contributed by atoms with Crippen LogP contribution < -0.4 is 4.90 Å². The third-order valence-electron chi connectivity index (χ3n) is 6.82. The van der Waals surface area contributed by atoms with Crippen molar-refractivity contribution >= 4 is 34.2 Å². The van der Waals surface area contributed by atoms with Gasteiger partial charge in [-0.2, -0.15) is 0 Å². The molecule has 1 aromatic heterocycles. The fraction of sp³-hybridized carbons (Fsp3) is 0.179. The summed E-state index contributed by atoms with van der Waals surface area (Å²) >= 11 is 0. The monoisotopic (exact) mass is 465 g/mol. The number of fused-ring (bicyclic) bond motifs is 2. The number of amides is 3. The topological polar surface area (TPSA) is 74.1 Å². The maximum atomic E-state index is 13.5. The lowest BCUT2D eigenvalue weighted by molar-refractivity contribution is 0.0640. The molecule has 0 aliphatic carbocycles. The third kappa shape index (κ3) is 3.56. The summed E-state index contributed by atoms with van der Waals surface area (Å²) in [6.45, 7) is 2.36. The summed E-state index contributed by atoms with van der Waals surface area (Å²) in [5.74, 6) is -0.363. The van der Waals surface area contributed by atoms with E-state index >= 15 is 0 Å². The number of anilines is 1. The van der Waals surface area contributed by atoms with Gasteiger partial charge in [-0.25, -0.2) is 0 Å². The summed E-state index contributed by atoms with van der Waals surface area (Å²) in [6.07, 6.45) is 1.49. The van der Waals surface area contributed by atoms with Crippen LogP contribution in [0.25, 0.3) is 10.8 Å². The molecule has 3 amide bonds. The van der Waals surface area contributed by atoms with E-state index < -0.39 is 0 Å². The molecule has 3 aromatic carbocycles. The first-order valence-corrected chi connectivity index (χ1v) is 11.7. The van der Waals surface area contributed by atoms with Gasteiger partial charge in [0.15, 0.2) is 5.76 Å². The normalized spacial score (nSPS) is 15.7. The Morgan fingerprint density at radius 2 is 1.57 bits per heavy atom. The Morgan fingerprint density at radius 1 is 0.800 bits per heavy atom. The Hall–Kier alpha value is -4.39. The Kier molecular flexibility index (Phi) is 5.10. The van der Waals surface area contributed by atoms with Crippen LogP contribution in [0.15, 0.2) is 83.5 Å². The van der Waals surface area contributed by atoms with Crippen molar-refractivity contribution in [1.29, 1.82) is 0 Å². The molecule has 0 unspecified atom stereocenters. The standard InChI is InChI=1S/C28H23N3O4/c32-26-22-10-4-11-23(29-13-15-30(16-14-29)27(33)24-12-5-17-35-24)25(22)28(34)31(26)18-20-8-3-7-19-6-1-2-9-21(19)20/h1-12,17H,13-16,18H2. The molecule has 1 fully saturated rings. The molecule has 0 N–H and O–H groups in total. The number of nitrogens with zero attached hydrogens (tertiary/aromatic N) is 3. The largest absolute Gasteiger partial charge is 0.459 e. The van der Waals surface area contributed by atoms with E-state index in [2.05, 4.69) is 4.90 Å². The van der Waals surface area contributed by atoms with Crippen LogP contribution in [0.4, 0.5) is 5.69 Å². The van der Waals surface area contributed by atoms with Gasteiger partial charge in [0.05, 0.1) is 29.6 Å². The molecule has 7 nitrogen and oxygen atoms in total. The van der Waals surface area contributed by atoms with Gasteiger partial charge in [0.25, 0.3) is 17.7 Å². The van der Waals surface area contributed by atoms with E-state index in [-0.39, 0.29) is 24.3 Å². The van der Waals surface area contributed by atoms with E-state index in [1.54, 1.807) is 23.1 Å². The Bertz CT molecular complexity index is 1450. The molecule has 4 aromatic rings. The predicted octanol–water partition coefficient (Wildman–Crippen LogP) is 4.19. The van der Waals surface area contributed by atoms with E-state index in [0.29, 0.717) is 43.1 Å². The molecule has 0 bridgehead atoms. The lowest BCUT2D eigenvalue weighted by atomic mass is 10.0. The summed E-state index contributed by atoms with van der Waals surface area (Å²) in [4.78, 5) is 44.6. The zero-order valence-corrected chi connectivity index (χ0v) is 19.0. The van der Waals surface area contributed by atoms with Gasteiger partial charge in [-0.1, -0.05) is 48.5 Å². The van der Waals surface area contributed by atoms with Crippen molar-refractivity contribution in [3.05, 3.63) is 102 Å². The lowest BCUT2D eigenvalue weighted by Crippen LogP contribution is -2.49. The Labute approximate surface area is 202 Å². The molecule has 35 heavy (non-hydrogen) atoms. The number of rotatable bonds is 4. The molecule has 0 atom stereocenters. The Balaban J connectivity index is 1.24. The second-order valence-corrected chi connectivity index (χ2v) is 8.79. The van der Waals surface area contributed by atoms with Crippen molar-refractivity contribution in [3.63, 3.8) is 0 Å². The van der Waals surface area contributed by atoms with Crippen LogP contribution in [-0.2, 0) is 6.54 Å². The van der Waals surface area contributed by atoms with Crippen molar-refractivity contribution < 1.29 is 18.8 Å². The molecule has 3 heterocycles. The molecule has 0 radical (unpaired) electrons. The minimum atomic E-state index is -0.275. The summed E-state index contributed by atoms with van der Waals surface area (Å²) in [5, 5.41) is 2.10. The quantitative estimate of drug-likeness (QED) is 0.423. The van der Waals surface area contributed by atoms with Gasteiger partial charge in [-0.3, -0.25) is 19.3 Å². The molecular weight excluding hydrogens is 442 g/mol. The minimum Gasteiger partial charge on any atom is -0.459 e.